The predicted octanol–water partition coefficient (Wildman–Crippen LogP) is 3.93. The molecule has 2 radical (unpaired) electrons. The maximum atomic E-state index is 11.4. The number of Topliss-reactive ketones (excluding diaryl/α,β-unsaturated/α-hetero) is 1. The van der Waals surface area contributed by atoms with Crippen LogP contribution in [0.15, 0.2) is 0 Å². The Kier molecular flexibility index (Phi) is 28.7. The molecule has 0 spiro atoms. The van der Waals surface area contributed by atoms with Crippen LogP contribution < -0.4 is 5.32 Å². The van der Waals surface area contributed by atoms with Crippen molar-refractivity contribution in [1.29, 1.82) is 0 Å². The van der Waals surface area contributed by atoms with Crippen LogP contribution in [0, 0.1) is 10.8 Å². The Balaban J connectivity index is -0.000000503. The van der Waals surface area contributed by atoms with E-state index in [1.807, 2.05) is 19.0 Å². The van der Waals surface area contributed by atoms with Crippen LogP contribution in [0.25, 0.3) is 0 Å². The second-order valence-corrected chi connectivity index (χ2v) is 13.8. The quantitative estimate of drug-likeness (QED) is 0.155. The van der Waals surface area contributed by atoms with Gasteiger partial charge in [-0.1, -0.05) is 48.5 Å². The van der Waals surface area contributed by atoms with E-state index in [-0.39, 0.29) is 10.8 Å². The van der Waals surface area contributed by atoms with Crippen molar-refractivity contribution in [3.63, 3.8) is 0 Å². The Morgan fingerprint density at radius 1 is 0.897 bits per heavy atom. The number of likely N-dealkylation sites (N-methyl/N-ethyl adjacent to an activating group) is 3. The summed E-state index contributed by atoms with van der Waals surface area (Å²) in [5.74, 6) is 0.385. The van der Waals surface area contributed by atoms with Crippen molar-refractivity contribution < 1.29 is 19.1 Å². The Hall–Kier alpha value is -0.714. The number of ether oxygens (including phenoxy) is 1. The van der Waals surface area contributed by atoms with Gasteiger partial charge in [0, 0.05) is 25.0 Å². The summed E-state index contributed by atoms with van der Waals surface area (Å²) in [6, 6.07) is 0. The predicted molar refractivity (Wildman–Crippen MR) is 167 cm³/mol. The van der Waals surface area contributed by atoms with E-state index in [4.69, 9.17) is 4.74 Å². The van der Waals surface area contributed by atoms with Gasteiger partial charge in [-0.3, -0.25) is 9.69 Å². The first-order valence-corrected chi connectivity index (χ1v) is 16.1. The van der Waals surface area contributed by atoms with Gasteiger partial charge in [-0.15, -0.1) is 0 Å². The Morgan fingerprint density at radius 3 is 1.90 bits per heavy atom. The molecule has 0 aromatic heterocycles. The number of carbonyl (C=O) groups is 3. The van der Waals surface area contributed by atoms with E-state index >= 15 is 0 Å². The minimum atomic E-state index is 0.00469. The molecule has 0 aromatic rings. The average Bonchev–Trinajstić information content (AvgIpc) is 2.88. The molecule has 0 aliphatic carbocycles. The van der Waals surface area contributed by atoms with E-state index in [1.54, 1.807) is 18.6 Å². The Bertz CT molecular complexity index is 588. The van der Waals surface area contributed by atoms with E-state index in [0.717, 1.165) is 71.3 Å². The van der Waals surface area contributed by atoms with E-state index in [1.165, 1.54) is 0 Å². The van der Waals surface area contributed by atoms with Gasteiger partial charge >= 0.3 is 85.4 Å². The standard InChI is InChI=1S/C12H25NO2.C9H20N2O.C9H18NO.Ga/c1-6-11(2,3)8-15-9-12(4,5)7-13-10-14;1-4-11(5-2)7-6-10(3)8-9-12;1-4-6-7-9(11)8-10(3)5-2;/h10H,6-9H2,1-5H3,(H,13,14);9H,4-8H2,1-3H3;6H,4-5,7-8H2,1-3H3;. The number of hydrogen-bond acceptors (Lipinski definition) is 7. The molecule has 0 heterocycles. The zero-order valence-electron chi connectivity index (χ0n) is 27.5. The number of hydrogen-bond donors (Lipinski definition) is 1. The summed E-state index contributed by atoms with van der Waals surface area (Å²) >= 11 is 1.69. The van der Waals surface area contributed by atoms with Gasteiger partial charge in [0.2, 0.25) is 6.41 Å². The average molecular weight is 614 g/mol. The zero-order valence-corrected chi connectivity index (χ0v) is 29.9. The van der Waals surface area contributed by atoms with Crippen molar-refractivity contribution in [3.8, 4) is 0 Å². The summed E-state index contributed by atoms with van der Waals surface area (Å²) in [5, 5.41) is 2.69. The molecule has 39 heavy (non-hydrogen) atoms. The van der Waals surface area contributed by atoms with Crippen LogP contribution in [0.5, 0.6) is 0 Å². The number of amides is 1. The van der Waals surface area contributed by atoms with Crippen LogP contribution in [-0.4, -0.2) is 131 Å². The van der Waals surface area contributed by atoms with Crippen LogP contribution in [0.4, 0.5) is 0 Å². The third kappa shape index (κ3) is 30.1. The van der Waals surface area contributed by atoms with Crippen molar-refractivity contribution >= 4 is 37.1 Å². The molecule has 0 saturated heterocycles. The van der Waals surface area contributed by atoms with Crippen molar-refractivity contribution in [1.82, 2.24) is 20.0 Å². The van der Waals surface area contributed by atoms with Gasteiger partial charge in [-0.05, 0) is 32.0 Å². The van der Waals surface area contributed by atoms with Crippen LogP contribution in [0.3, 0.4) is 0 Å². The first kappa shape index (κ1) is 42.7. The molecule has 1 N–H and O–H groups in total. The van der Waals surface area contributed by atoms with Gasteiger partial charge in [0.15, 0.2) is 0 Å². The van der Waals surface area contributed by atoms with Crippen LogP contribution in [0.1, 0.15) is 81.6 Å². The topological polar surface area (TPSA) is 82.2 Å². The molecule has 0 saturated carbocycles. The van der Waals surface area contributed by atoms with Gasteiger partial charge in [-0.25, -0.2) is 0 Å². The number of ketones is 1. The number of nitrogens with one attached hydrogen (secondary N) is 1. The van der Waals surface area contributed by atoms with Crippen molar-refractivity contribution in [3.05, 3.63) is 0 Å². The van der Waals surface area contributed by atoms with Crippen LogP contribution in [-0.2, 0) is 19.1 Å². The van der Waals surface area contributed by atoms with Crippen LogP contribution >= 0.6 is 0 Å². The maximum absolute atomic E-state index is 11.4. The van der Waals surface area contributed by atoms with Gasteiger partial charge in [-0.2, -0.15) is 0 Å². The van der Waals surface area contributed by atoms with Crippen LogP contribution in [0.2, 0.25) is 4.47 Å². The number of nitrogens with zero attached hydrogens (tertiary/aromatic N) is 3. The molecular formula is C30H63GaN4O4. The van der Waals surface area contributed by atoms with Gasteiger partial charge in [0.05, 0.1) is 19.8 Å². The molecule has 8 nitrogen and oxygen atoms in total. The Morgan fingerprint density at radius 2 is 1.46 bits per heavy atom. The van der Waals surface area contributed by atoms with E-state index in [0.29, 0.717) is 36.5 Å². The summed E-state index contributed by atoms with van der Waals surface area (Å²) < 4.78 is 6.30. The first-order valence-electron chi connectivity index (χ1n) is 14.7. The third-order valence-electron chi connectivity index (χ3n) is 6.69. The van der Waals surface area contributed by atoms with Gasteiger partial charge in [0.1, 0.15) is 6.29 Å². The summed E-state index contributed by atoms with van der Waals surface area (Å²) in [7, 11) is 3.96. The molecule has 0 aromatic carbocycles. The molecule has 0 bridgehead atoms. The molecular weight excluding hydrogens is 550 g/mol. The Labute approximate surface area is 252 Å². The number of rotatable bonds is 21. The van der Waals surface area contributed by atoms with E-state index < -0.39 is 0 Å². The zero-order chi connectivity index (χ0) is 30.9. The summed E-state index contributed by atoms with van der Waals surface area (Å²) in [4.78, 5) is 38.1. The van der Waals surface area contributed by atoms with Gasteiger partial charge in [0.25, 0.3) is 0 Å². The minimum absolute atomic E-state index is 0.00469. The monoisotopic (exact) mass is 612 g/mol. The normalized spacial score (nSPS) is 12.4. The fraction of sp³-hybridized carbons (Fsp3) is 0.900. The first-order chi connectivity index (χ1) is 18.2. The number of aldehydes is 1. The number of carbonyl (C=O) groups excluding carboxylic acids is 3. The molecule has 230 valence electrons. The van der Waals surface area contributed by atoms with Crippen molar-refractivity contribution in [2.75, 3.05) is 79.7 Å². The molecule has 0 fully saturated rings. The van der Waals surface area contributed by atoms with E-state index in [2.05, 4.69) is 77.4 Å². The van der Waals surface area contributed by atoms with Crippen molar-refractivity contribution in [2.24, 2.45) is 10.8 Å². The molecule has 9 heteroatoms. The summed E-state index contributed by atoms with van der Waals surface area (Å²) in [5.41, 5.74) is 0.249. The fourth-order valence-electron chi connectivity index (χ4n) is 3.06. The second-order valence-electron chi connectivity index (χ2n) is 11.9. The fourth-order valence-corrected chi connectivity index (χ4v) is 3.61. The van der Waals surface area contributed by atoms with Crippen molar-refractivity contribution in [2.45, 2.75) is 86.0 Å². The third-order valence-corrected chi connectivity index (χ3v) is 8.17. The molecule has 0 aliphatic rings. The second kappa shape index (κ2) is 26.2. The molecule has 0 aliphatic heterocycles. The summed E-state index contributed by atoms with van der Waals surface area (Å²) in [6.45, 7) is 27.7. The SMILES string of the molecule is CCC(C)(C)COCC(C)(C)CNC=O.CCN(CC)CCN(C)CC=O.CC[C@@H]([Ga])CC(=O)CN(C)CC. The molecule has 1 amide bonds. The van der Waals surface area contributed by atoms with E-state index in [9.17, 15) is 14.4 Å². The molecule has 1 atom stereocenters. The van der Waals surface area contributed by atoms with Gasteiger partial charge < -0.3 is 19.7 Å². The molecule has 0 rings (SSSR count). The molecule has 0 unspecified atom stereocenters. The summed E-state index contributed by atoms with van der Waals surface area (Å²) in [6.07, 6.45) is 4.68.